The fourth-order valence-electron chi connectivity index (χ4n) is 3.09. The van der Waals surface area contributed by atoms with Crippen LogP contribution in [0.4, 0.5) is 0 Å². The van der Waals surface area contributed by atoms with Crippen molar-refractivity contribution in [1.82, 2.24) is 0 Å². The Morgan fingerprint density at radius 2 is 1.57 bits per heavy atom. The van der Waals surface area contributed by atoms with Gasteiger partial charge in [-0.15, -0.1) is 12.6 Å². The zero-order valence-corrected chi connectivity index (χ0v) is 15.5. The highest BCUT2D eigenvalue weighted by molar-refractivity contribution is 8.00. The summed E-state index contributed by atoms with van der Waals surface area (Å²) in [6.07, 6.45) is 8.39. The molecule has 0 nitrogen and oxygen atoms in total. The van der Waals surface area contributed by atoms with Gasteiger partial charge < -0.3 is 0 Å². The van der Waals surface area contributed by atoms with E-state index < -0.39 is 0 Å². The van der Waals surface area contributed by atoms with Crippen molar-refractivity contribution in [3.8, 4) is 0 Å². The lowest BCUT2D eigenvalue weighted by atomic mass is 9.80. The number of hydrogen-bond donors (Lipinski definition) is 1. The average molecular weight is 323 g/mol. The van der Waals surface area contributed by atoms with E-state index in [-0.39, 0.29) is 0 Å². The van der Waals surface area contributed by atoms with Gasteiger partial charge in [0.2, 0.25) is 0 Å². The van der Waals surface area contributed by atoms with E-state index in [1.54, 1.807) is 0 Å². The summed E-state index contributed by atoms with van der Waals surface area (Å²) in [4.78, 5) is 1.07. The monoisotopic (exact) mass is 322 g/mol. The largest absolute Gasteiger partial charge is 0.156 e. The molecule has 0 saturated heterocycles. The molecular formula is C19H30S2. The summed E-state index contributed by atoms with van der Waals surface area (Å²) < 4.78 is 0.427. The van der Waals surface area contributed by atoms with Crippen molar-refractivity contribution < 1.29 is 0 Å². The molecule has 0 bridgehead atoms. The smallest absolute Gasteiger partial charge is 0.00751 e. The molecule has 118 valence electrons. The third-order valence-electron chi connectivity index (χ3n) is 4.50. The molecule has 0 heterocycles. The van der Waals surface area contributed by atoms with E-state index in [1.165, 1.54) is 49.8 Å². The summed E-state index contributed by atoms with van der Waals surface area (Å²) in [5, 5.41) is 0. The number of benzene rings is 1. The standard InChI is InChI=1S/C19H30S2/c1-19(2,3)21-14-17-8-6-15(7-9-17)4-5-16-10-12-18(20)13-11-16/h10-13,15,17,20H,4-9,14H2,1-3H3. The molecule has 1 aromatic carbocycles. The summed E-state index contributed by atoms with van der Waals surface area (Å²) in [7, 11) is 0. The maximum Gasteiger partial charge on any atom is 0.00751 e. The average Bonchev–Trinajstić information content (AvgIpc) is 2.45. The third-order valence-corrected chi connectivity index (χ3v) is 6.30. The summed E-state index contributed by atoms with van der Waals surface area (Å²) in [5.74, 6) is 3.28. The van der Waals surface area contributed by atoms with Crippen molar-refractivity contribution >= 4 is 24.4 Å². The molecule has 1 saturated carbocycles. The molecule has 0 unspecified atom stereocenters. The van der Waals surface area contributed by atoms with Crippen LogP contribution in [0, 0.1) is 11.8 Å². The lowest BCUT2D eigenvalue weighted by molar-refractivity contribution is 0.280. The van der Waals surface area contributed by atoms with Crippen LogP contribution < -0.4 is 0 Å². The molecule has 1 aliphatic rings. The summed E-state index contributed by atoms with van der Waals surface area (Å²) in [6, 6.07) is 8.68. The number of thiol groups is 1. The van der Waals surface area contributed by atoms with E-state index in [0.29, 0.717) is 4.75 Å². The van der Waals surface area contributed by atoms with Crippen LogP contribution in [0.1, 0.15) is 58.4 Å². The van der Waals surface area contributed by atoms with Gasteiger partial charge in [-0.1, -0.05) is 45.7 Å². The van der Waals surface area contributed by atoms with Gasteiger partial charge in [-0.05, 0) is 61.0 Å². The number of aryl methyl sites for hydroxylation is 1. The van der Waals surface area contributed by atoms with Crippen LogP contribution in [0.3, 0.4) is 0 Å². The molecule has 21 heavy (non-hydrogen) atoms. The van der Waals surface area contributed by atoms with Crippen LogP contribution in [0.15, 0.2) is 29.2 Å². The van der Waals surface area contributed by atoms with E-state index >= 15 is 0 Å². The van der Waals surface area contributed by atoms with E-state index in [1.807, 2.05) is 0 Å². The van der Waals surface area contributed by atoms with Crippen LogP contribution in [0.5, 0.6) is 0 Å². The van der Waals surface area contributed by atoms with Crippen LogP contribution in [0.2, 0.25) is 0 Å². The molecule has 1 fully saturated rings. The minimum Gasteiger partial charge on any atom is -0.156 e. The first kappa shape index (κ1) is 17.3. The van der Waals surface area contributed by atoms with Crippen molar-refractivity contribution in [2.24, 2.45) is 11.8 Å². The Hall–Kier alpha value is -0.0800. The van der Waals surface area contributed by atoms with E-state index in [4.69, 9.17) is 0 Å². The predicted molar refractivity (Wildman–Crippen MR) is 99.7 cm³/mol. The molecule has 0 amide bonds. The van der Waals surface area contributed by atoms with Gasteiger partial charge in [0.15, 0.2) is 0 Å². The lowest BCUT2D eigenvalue weighted by Gasteiger charge is -2.30. The first-order valence-corrected chi connectivity index (χ1v) is 9.77. The quantitative estimate of drug-likeness (QED) is 0.625. The Bertz CT molecular complexity index is 408. The van der Waals surface area contributed by atoms with Gasteiger partial charge in [0, 0.05) is 9.64 Å². The lowest BCUT2D eigenvalue weighted by Crippen LogP contribution is -2.19. The Kier molecular flexibility index (Phi) is 6.55. The second kappa shape index (κ2) is 7.97. The normalized spacial score (nSPS) is 23.2. The highest BCUT2D eigenvalue weighted by Gasteiger charge is 2.22. The molecule has 1 aliphatic carbocycles. The van der Waals surface area contributed by atoms with E-state index in [9.17, 15) is 0 Å². The van der Waals surface area contributed by atoms with Crippen LogP contribution >= 0.6 is 24.4 Å². The first-order chi connectivity index (χ1) is 9.92. The van der Waals surface area contributed by atoms with Gasteiger partial charge in [-0.3, -0.25) is 0 Å². The van der Waals surface area contributed by atoms with Crippen molar-refractivity contribution in [2.75, 3.05) is 5.75 Å². The van der Waals surface area contributed by atoms with Crippen molar-refractivity contribution in [2.45, 2.75) is 68.9 Å². The zero-order chi connectivity index (χ0) is 15.3. The zero-order valence-electron chi connectivity index (χ0n) is 13.8. The first-order valence-electron chi connectivity index (χ1n) is 8.34. The minimum atomic E-state index is 0.427. The SMILES string of the molecule is CC(C)(C)SCC1CCC(CCc2ccc(S)cc2)CC1. The van der Waals surface area contributed by atoms with Gasteiger partial charge in [0.05, 0.1) is 0 Å². The molecule has 2 rings (SSSR count). The van der Waals surface area contributed by atoms with E-state index in [2.05, 4.69) is 69.4 Å². The second-order valence-corrected chi connectivity index (χ2v) is 9.88. The topological polar surface area (TPSA) is 0 Å². The molecule has 0 aliphatic heterocycles. The number of thioether (sulfide) groups is 1. The number of hydrogen-bond acceptors (Lipinski definition) is 2. The number of rotatable bonds is 5. The van der Waals surface area contributed by atoms with Crippen LogP contribution in [-0.4, -0.2) is 10.5 Å². The summed E-state index contributed by atoms with van der Waals surface area (Å²) in [5.41, 5.74) is 1.47. The molecule has 2 heteroatoms. The second-order valence-electron chi connectivity index (χ2n) is 7.52. The van der Waals surface area contributed by atoms with Crippen molar-refractivity contribution in [1.29, 1.82) is 0 Å². The van der Waals surface area contributed by atoms with Gasteiger partial charge >= 0.3 is 0 Å². The molecule has 0 N–H and O–H groups in total. The maximum atomic E-state index is 4.35. The minimum absolute atomic E-state index is 0.427. The van der Waals surface area contributed by atoms with Crippen LogP contribution in [-0.2, 0) is 6.42 Å². The molecule has 0 spiro atoms. The highest BCUT2D eigenvalue weighted by atomic mass is 32.2. The summed E-state index contributed by atoms with van der Waals surface area (Å²) >= 11 is 6.49. The predicted octanol–water partition coefficient (Wildman–Crippen LogP) is 6.25. The molecular weight excluding hydrogens is 292 g/mol. The van der Waals surface area contributed by atoms with Gasteiger partial charge in [-0.2, -0.15) is 11.8 Å². The van der Waals surface area contributed by atoms with Crippen molar-refractivity contribution in [3.05, 3.63) is 29.8 Å². The third kappa shape index (κ3) is 6.69. The van der Waals surface area contributed by atoms with Gasteiger partial charge in [0.25, 0.3) is 0 Å². The Balaban J connectivity index is 1.66. The summed E-state index contributed by atoms with van der Waals surface area (Å²) in [6.45, 7) is 7.00. The molecule has 0 aromatic heterocycles. The molecule has 0 radical (unpaired) electrons. The Morgan fingerprint density at radius 3 is 2.14 bits per heavy atom. The Labute approximate surface area is 140 Å². The van der Waals surface area contributed by atoms with Gasteiger partial charge in [-0.25, -0.2) is 0 Å². The molecule has 1 aromatic rings. The Morgan fingerprint density at radius 1 is 1.00 bits per heavy atom. The van der Waals surface area contributed by atoms with E-state index in [0.717, 1.165) is 16.7 Å². The van der Waals surface area contributed by atoms with Crippen molar-refractivity contribution in [3.63, 3.8) is 0 Å². The fourth-order valence-corrected chi connectivity index (χ4v) is 4.31. The highest BCUT2D eigenvalue weighted by Crippen LogP contribution is 2.36. The van der Waals surface area contributed by atoms with Crippen LogP contribution in [0.25, 0.3) is 0 Å². The fraction of sp³-hybridized carbons (Fsp3) is 0.684. The maximum absolute atomic E-state index is 4.35. The van der Waals surface area contributed by atoms with Gasteiger partial charge in [0.1, 0.15) is 0 Å². The molecule has 0 atom stereocenters.